The molecule has 1 N–H and O–H groups in total. The molecule has 1 aromatic heterocycles. The monoisotopic (exact) mass is 280 g/mol. The second-order valence-electron chi connectivity index (χ2n) is 5.18. The lowest BCUT2D eigenvalue weighted by molar-refractivity contribution is -0.150. The van der Waals surface area contributed by atoms with Gasteiger partial charge >= 0.3 is 5.97 Å². The van der Waals surface area contributed by atoms with E-state index < -0.39 is 5.97 Å². The van der Waals surface area contributed by atoms with Crippen molar-refractivity contribution in [2.75, 3.05) is 19.6 Å². The molecule has 0 bridgehead atoms. The van der Waals surface area contributed by atoms with Crippen LogP contribution in [0.25, 0.3) is 0 Å². The van der Waals surface area contributed by atoms with Crippen molar-refractivity contribution < 1.29 is 14.7 Å². The summed E-state index contributed by atoms with van der Waals surface area (Å²) in [5.41, 5.74) is 2.18. The molecule has 1 atom stereocenters. The summed E-state index contributed by atoms with van der Waals surface area (Å²) in [5, 5.41) is 13.0. The summed E-state index contributed by atoms with van der Waals surface area (Å²) in [6.07, 6.45) is 1.82. The van der Waals surface area contributed by atoms with Crippen LogP contribution in [0, 0.1) is 6.92 Å². The summed E-state index contributed by atoms with van der Waals surface area (Å²) in [4.78, 5) is 26.3. The first kappa shape index (κ1) is 14.5. The number of carboxylic acid groups (broad SMARTS) is 1. The van der Waals surface area contributed by atoms with Crippen LogP contribution in [0.5, 0.6) is 0 Å². The van der Waals surface area contributed by atoms with E-state index in [-0.39, 0.29) is 18.5 Å². The van der Waals surface area contributed by atoms with E-state index in [9.17, 15) is 9.59 Å². The zero-order valence-corrected chi connectivity index (χ0v) is 12.0. The van der Waals surface area contributed by atoms with E-state index in [1.807, 2.05) is 31.8 Å². The summed E-state index contributed by atoms with van der Waals surface area (Å²) in [6, 6.07) is -0.303. The van der Waals surface area contributed by atoms with E-state index >= 15 is 0 Å². The number of aliphatic carboxylic acids is 1. The molecule has 1 saturated heterocycles. The second kappa shape index (κ2) is 5.62. The Morgan fingerprint density at radius 3 is 2.75 bits per heavy atom. The predicted molar refractivity (Wildman–Crippen MR) is 72.0 cm³/mol. The van der Waals surface area contributed by atoms with Gasteiger partial charge in [-0.05, 0) is 13.8 Å². The van der Waals surface area contributed by atoms with Crippen LogP contribution in [-0.2, 0) is 23.2 Å². The lowest BCUT2D eigenvalue weighted by atomic mass is 10.1. The van der Waals surface area contributed by atoms with Crippen LogP contribution in [-0.4, -0.2) is 62.2 Å². The van der Waals surface area contributed by atoms with Gasteiger partial charge in [0.2, 0.25) is 5.91 Å². The molecule has 20 heavy (non-hydrogen) atoms. The van der Waals surface area contributed by atoms with Gasteiger partial charge in [0.15, 0.2) is 0 Å². The SMILES string of the molecule is Cc1c(CN2CCN(CC(=O)O)C(=O)C2C)cnn1C. The van der Waals surface area contributed by atoms with Crippen LogP contribution < -0.4 is 0 Å². The van der Waals surface area contributed by atoms with Gasteiger partial charge in [-0.15, -0.1) is 0 Å². The lowest BCUT2D eigenvalue weighted by Gasteiger charge is -2.38. The van der Waals surface area contributed by atoms with E-state index in [4.69, 9.17) is 5.11 Å². The lowest BCUT2D eigenvalue weighted by Crippen LogP contribution is -2.56. The molecule has 1 unspecified atom stereocenters. The van der Waals surface area contributed by atoms with E-state index in [0.717, 1.165) is 11.3 Å². The molecular formula is C13H20N4O3. The highest BCUT2D eigenvalue weighted by Crippen LogP contribution is 2.16. The van der Waals surface area contributed by atoms with Crippen molar-refractivity contribution in [3.05, 3.63) is 17.5 Å². The molecule has 110 valence electrons. The molecule has 1 aliphatic rings. The Hall–Kier alpha value is -1.89. The van der Waals surface area contributed by atoms with Gasteiger partial charge in [-0.1, -0.05) is 0 Å². The van der Waals surface area contributed by atoms with Crippen molar-refractivity contribution in [3.8, 4) is 0 Å². The maximum absolute atomic E-state index is 12.2. The summed E-state index contributed by atoms with van der Waals surface area (Å²) in [7, 11) is 1.89. The summed E-state index contributed by atoms with van der Waals surface area (Å²) in [5.74, 6) is -1.10. The van der Waals surface area contributed by atoms with E-state index in [2.05, 4.69) is 10.00 Å². The fourth-order valence-electron chi connectivity index (χ4n) is 2.43. The fourth-order valence-corrected chi connectivity index (χ4v) is 2.43. The largest absolute Gasteiger partial charge is 0.480 e. The third kappa shape index (κ3) is 2.82. The van der Waals surface area contributed by atoms with Crippen LogP contribution >= 0.6 is 0 Å². The average molecular weight is 280 g/mol. The van der Waals surface area contributed by atoms with Crippen molar-refractivity contribution in [2.45, 2.75) is 26.4 Å². The molecule has 0 radical (unpaired) electrons. The Morgan fingerprint density at radius 2 is 2.20 bits per heavy atom. The summed E-state index contributed by atoms with van der Waals surface area (Å²) < 4.78 is 1.81. The molecule has 1 aliphatic heterocycles. The van der Waals surface area contributed by atoms with Crippen molar-refractivity contribution in [1.82, 2.24) is 19.6 Å². The van der Waals surface area contributed by atoms with Crippen molar-refractivity contribution >= 4 is 11.9 Å². The van der Waals surface area contributed by atoms with Gasteiger partial charge in [-0.2, -0.15) is 5.10 Å². The highest BCUT2D eigenvalue weighted by Gasteiger charge is 2.32. The van der Waals surface area contributed by atoms with Crippen molar-refractivity contribution in [3.63, 3.8) is 0 Å². The zero-order valence-electron chi connectivity index (χ0n) is 12.0. The number of carbonyl (C=O) groups excluding carboxylic acids is 1. The highest BCUT2D eigenvalue weighted by molar-refractivity contribution is 5.85. The normalized spacial score (nSPS) is 20.4. The Kier molecular flexibility index (Phi) is 4.08. The van der Waals surface area contributed by atoms with Gasteiger partial charge in [0.1, 0.15) is 6.54 Å². The number of hydrogen-bond donors (Lipinski definition) is 1. The van der Waals surface area contributed by atoms with Crippen LogP contribution in [0.15, 0.2) is 6.20 Å². The first-order chi connectivity index (χ1) is 9.40. The molecule has 0 aromatic carbocycles. The first-order valence-electron chi connectivity index (χ1n) is 6.62. The van der Waals surface area contributed by atoms with Crippen molar-refractivity contribution in [1.29, 1.82) is 0 Å². The standard InChI is InChI=1S/C13H20N4O3/c1-9-11(6-14-15(9)3)7-16-4-5-17(8-12(18)19)13(20)10(16)2/h6,10H,4-5,7-8H2,1-3H3,(H,18,19). The molecule has 7 nitrogen and oxygen atoms in total. The summed E-state index contributed by atoms with van der Waals surface area (Å²) >= 11 is 0. The van der Waals surface area contributed by atoms with Gasteiger partial charge in [0.25, 0.3) is 0 Å². The Bertz CT molecular complexity index is 526. The average Bonchev–Trinajstić information content (AvgIpc) is 2.70. The quantitative estimate of drug-likeness (QED) is 0.829. The molecule has 1 fully saturated rings. The number of nitrogens with zero attached hydrogens (tertiary/aromatic N) is 4. The van der Waals surface area contributed by atoms with Crippen LogP contribution in [0.4, 0.5) is 0 Å². The maximum atomic E-state index is 12.2. The minimum absolute atomic E-state index is 0.125. The number of aromatic nitrogens is 2. The Morgan fingerprint density at radius 1 is 1.50 bits per heavy atom. The van der Waals surface area contributed by atoms with Crippen LogP contribution in [0.2, 0.25) is 0 Å². The molecule has 0 saturated carbocycles. The molecule has 1 amide bonds. The number of amides is 1. The second-order valence-corrected chi connectivity index (χ2v) is 5.18. The number of rotatable bonds is 4. The summed E-state index contributed by atoms with van der Waals surface area (Å²) in [6.45, 7) is 5.39. The van der Waals surface area contributed by atoms with Crippen molar-refractivity contribution in [2.24, 2.45) is 7.05 Å². The molecule has 2 rings (SSSR count). The van der Waals surface area contributed by atoms with Gasteiger partial charge in [0, 0.05) is 37.9 Å². The molecule has 2 heterocycles. The minimum Gasteiger partial charge on any atom is -0.480 e. The minimum atomic E-state index is -0.970. The highest BCUT2D eigenvalue weighted by atomic mass is 16.4. The molecule has 7 heteroatoms. The van der Waals surface area contributed by atoms with E-state index in [0.29, 0.717) is 19.6 Å². The van der Waals surface area contributed by atoms with E-state index in [1.165, 1.54) is 4.90 Å². The fraction of sp³-hybridized carbons (Fsp3) is 0.615. The van der Waals surface area contributed by atoms with Crippen LogP contribution in [0.1, 0.15) is 18.2 Å². The third-order valence-corrected chi connectivity index (χ3v) is 3.91. The smallest absolute Gasteiger partial charge is 0.323 e. The molecule has 1 aromatic rings. The van der Waals surface area contributed by atoms with Gasteiger partial charge < -0.3 is 10.0 Å². The number of piperazine rings is 1. The van der Waals surface area contributed by atoms with E-state index in [1.54, 1.807) is 0 Å². The number of hydrogen-bond acceptors (Lipinski definition) is 4. The topological polar surface area (TPSA) is 78.7 Å². The first-order valence-corrected chi connectivity index (χ1v) is 6.62. The van der Waals surface area contributed by atoms with Gasteiger partial charge in [0.05, 0.1) is 12.2 Å². The predicted octanol–water partition coefficient (Wildman–Crippen LogP) is -0.154. The van der Waals surface area contributed by atoms with Crippen LogP contribution in [0.3, 0.4) is 0 Å². The van der Waals surface area contributed by atoms with Gasteiger partial charge in [-0.3, -0.25) is 19.2 Å². The third-order valence-electron chi connectivity index (χ3n) is 3.91. The Balaban J connectivity index is 2.03. The maximum Gasteiger partial charge on any atom is 0.323 e. The number of aryl methyl sites for hydroxylation is 1. The molecule has 0 aliphatic carbocycles. The zero-order chi connectivity index (χ0) is 14.9. The number of carboxylic acids is 1. The number of carbonyl (C=O) groups is 2. The Labute approximate surface area is 117 Å². The van der Waals surface area contributed by atoms with Gasteiger partial charge in [-0.25, -0.2) is 0 Å². The molecule has 0 spiro atoms. The molecular weight excluding hydrogens is 260 g/mol.